The first-order valence-electron chi connectivity index (χ1n) is 4.68. The largest absolute Gasteiger partial charge is 0.493 e. The van der Waals surface area contributed by atoms with Crippen molar-refractivity contribution in [2.24, 2.45) is 0 Å². The zero-order valence-corrected chi connectivity index (χ0v) is 8.06. The van der Waals surface area contributed by atoms with Gasteiger partial charge in [0.15, 0.2) is 6.61 Å². The summed E-state index contributed by atoms with van der Waals surface area (Å²) >= 11 is 0. The molecule has 0 aliphatic carbocycles. The van der Waals surface area contributed by atoms with Crippen molar-refractivity contribution in [1.82, 2.24) is 0 Å². The molecule has 0 saturated carbocycles. The van der Waals surface area contributed by atoms with E-state index in [1.54, 1.807) is 18.2 Å². The van der Waals surface area contributed by atoms with E-state index in [1.807, 2.05) is 0 Å². The van der Waals surface area contributed by atoms with Crippen LogP contribution in [0, 0.1) is 0 Å². The first-order valence-corrected chi connectivity index (χ1v) is 4.68. The van der Waals surface area contributed by atoms with E-state index >= 15 is 0 Å². The van der Waals surface area contributed by atoms with E-state index in [4.69, 9.17) is 9.47 Å². The van der Waals surface area contributed by atoms with Gasteiger partial charge in [-0.2, -0.15) is 0 Å². The monoisotopic (exact) mass is 206 g/mol. The first-order chi connectivity index (χ1) is 7.31. The Morgan fingerprint density at radius 3 is 3.13 bits per heavy atom. The molecule has 1 aliphatic rings. The van der Waals surface area contributed by atoms with E-state index < -0.39 is 0 Å². The third-order valence-corrected chi connectivity index (χ3v) is 2.12. The highest BCUT2D eigenvalue weighted by Gasteiger charge is 2.21. The Bertz CT molecular complexity index is 398. The summed E-state index contributed by atoms with van der Waals surface area (Å²) < 4.78 is 10.4. The number of rotatable bonds is 4. The zero-order valence-electron chi connectivity index (χ0n) is 8.06. The Morgan fingerprint density at radius 2 is 2.33 bits per heavy atom. The van der Waals surface area contributed by atoms with E-state index in [2.05, 4.69) is 0 Å². The molecule has 78 valence electrons. The Labute approximate surface area is 86.8 Å². The van der Waals surface area contributed by atoms with Crippen LogP contribution in [0.15, 0.2) is 18.2 Å². The van der Waals surface area contributed by atoms with Crippen molar-refractivity contribution in [3.05, 3.63) is 23.8 Å². The van der Waals surface area contributed by atoms with Crippen molar-refractivity contribution >= 4 is 12.1 Å². The smallest absolute Gasteiger partial charge is 0.203 e. The molecule has 1 aliphatic heterocycles. The minimum absolute atomic E-state index is 0.00978. The number of hydrogen-bond donors (Lipinski definition) is 0. The normalized spacial score (nSPS) is 13.2. The van der Waals surface area contributed by atoms with Gasteiger partial charge in [-0.05, 0) is 12.1 Å². The summed E-state index contributed by atoms with van der Waals surface area (Å²) in [5.41, 5.74) is 0.595. The quantitative estimate of drug-likeness (QED) is 0.549. The predicted octanol–water partition coefficient (Wildman–Crippen LogP) is 1.23. The number of hydrogen-bond acceptors (Lipinski definition) is 4. The van der Waals surface area contributed by atoms with Gasteiger partial charge in [0.1, 0.15) is 17.8 Å². The number of fused-ring (bicyclic) bond motifs is 1. The molecule has 0 fully saturated rings. The summed E-state index contributed by atoms with van der Waals surface area (Å²) in [4.78, 5) is 21.3. The Balaban J connectivity index is 2.09. The van der Waals surface area contributed by atoms with Crippen LogP contribution in [0.1, 0.15) is 16.8 Å². The number of benzene rings is 1. The molecule has 0 atom stereocenters. The van der Waals surface area contributed by atoms with Gasteiger partial charge in [0.2, 0.25) is 5.78 Å². The standard InChI is InChI=1S/C11H10O4/c12-4-1-5-14-8-2-3-9-10(13)7-15-11(9)6-8/h2-4,6H,1,5,7H2. The highest BCUT2D eigenvalue weighted by atomic mass is 16.5. The van der Waals surface area contributed by atoms with Crippen LogP contribution < -0.4 is 9.47 Å². The maximum absolute atomic E-state index is 11.2. The van der Waals surface area contributed by atoms with Crippen molar-refractivity contribution in [1.29, 1.82) is 0 Å². The lowest BCUT2D eigenvalue weighted by Crippen LogP contribution is -1.98. The summed E-state index contributed by atoms with van der Waals surface area (Å²) in [6, 6.07) is 5.06. The third-order valence-electron chi connectivity index (χ3n) is 2.12. The molecular formula is C11H10O4. The Morgan fingerprint density at radius 1 is 1.47 bits per heavy atom. The van der Waals surface area contributed by atoms with Gasteiger partial charge >= 0.3 is 0 Å². The molecular weight excluding hydrogens is 196 g/mol. The fourth-order valence-corrected chi connectivity index (χ4v) is 1.39. The summed E-state index contributed by atoms with van der Waals surface area (Å²) in [5, 5.41) is 0. The minimum Gasteiger partial charge on any atom is -0.493 e. The lowest BCUT2D eigenvalue weighted by atomic mass is 10.1. The van der Waals surface area contributed by atoms with Gasteiger partial charge in [0, 0.05) is 12.5 Å². The predicted molar refractivity (Wildman–Crippen MR) is 52.4 cm³/mol. The molecule has 0 unspecified atom stereocenters. The molecule has 0 aromatic heterocycles. The number of Topliss-reactive ketones (excluding diaryl/α,β-unsaturated/α-hetero) is 1. The second-order valence-electron chi connectivity index (χ2n) is 3.17. The van der Waals surface area contributed by atoms with E-state index in [0.29, 0.717) is 30.1 Å². The number of carbonyl (C=O) groups is 2. The highest BCUT2D eigenvalue weighted by Crippen LogP contribution is 2.29. The molecule has 0 spiro atoms. The van der Waals surface area contributed by atoms with E-state index in [9.17, 15) is 9.59 Å². The van der Waals surface area contributed by atoms with Gasteiger partial charge in [-0.25, -0.2) is 0 Å². The number of aldehydes is 1. The van der Waals surface area contributed by atoms with Gasteiger partial charge in [-0.1, -0.05) is 0 Å². The molecule has 0 N–H and O–H groups in total. The molecule has 0 amide bonds. The molecule has 0 radical (unpaired) electrons. The molecule has 2 rings (SSSR count). The van der Waals surface area contributed by atoms with Crippen LogP contribution in [0.25, 0.3) is 0 Å². The molecule has 4 nitrogen and oxygen atoms in total. The molecule has 1 aromatic rings. The third kappa shape index (κ3) is 1.98. The molecule has 1 heterocycles. The topological polar surface area (TPSA) is 52.6 Å². The number of carbonyl (C=O) groups excluding carboxylic acids is 2. The SMILES string of the molecule is O=CCCOc1ccc2c(c1)OCC2=O. The first kappa shape index (κ1) is 9.71. The van der Waals surface area contributed by atoms with Crippen molar-refractivity contribution < 1.29 is 19.1 Å². The molecule has 4 heteroatoms. The molecule has 0 saturated heterocycles. The second-order valence-corrected chi connectivity index (χ2v) is 3.17. The van der Waals surface area contributed by atoms with Crippen molar-refractivity contribution in [2.45, 2.75) is 6.42 Å². The van der Waals surface area contributed by atoms with Gasteiger partial charge in [0.05, 0.1) is 12.2 Å². The summed E-state index contributed by atoms with van der Waals surface area (Å²) in [7, 11) is 0. The Kier molecular flexibility index (Phi) is 2.67. The van der Waals surface area contributed by atoms with Crippen molar-refractivity contribution in [3.63, 3.8) is 0 Å². The van der Waals surface area contributed by atoms with Crippen LogP contribution >= 0.6 is 0 Å². The van der Waals surface area contributed by atoms with E-state index in [0.717, 1.165) is 6.29 Å². The van der Waals surface area contributed by atoms with E-state index in [1.165, 1.54) is 0 Å². The summed E-state index contributed by atoms with van der Waals surface area (Å²) in [5.74, 6) is 1.17. The van der Waals surface area contributed by atoms with Crippen LogP contribution in [-0.4, -0.2) is 25.3 Å². The second kappa shape index (κ2) is 4.13. The average molecular weight is 206 g/mol. The lowest BCUT2D eigenvalue weighted by molar-refractivity contribution is -0.108. The van der Waals surface area contributed by atoms with Gasteiger partial charge in [-0.15, -0.1) is 0 Å². The van der Waals surface area contributed by atoms with Crippen LogP contribution in [-0.2, 0) is 4.79 Å². The average Bonchev–Trinajstić information content (AvgIpc) is 2.61. The number of ether oxygens (including phenoxy) is 2. The lowest BCUT2D eigenvalue weighted by Gasteiger charge is -2.05. The zero-order chi connectivity index (χ0) is 10.7. The minimum atomic E-state index is -0.00978. The fraction of sp³-hybridized carbons (Fsp3) is 0.273. The van der Waals surface area contributed by atoms with Crippen LogP contribution in [0.3, 0.4) is 0 Å². The molecule has 0 bridgehead atoms. The van der Waals surface area contributed by atoms with Gasteiger partial charge in [-0.3, -0.25) is 4.79 Å². The fourth-order valence-electron chi connectivity index (χ4n) is 1.39. The molecule has 15 heavy (non-hydrogen) atoms. The summed E-state index contributed by atoms with van der Waals surface area (Å²) in [6.07, 6.45) is 1.16. The Hall–Kier alpha value is -1.84. The number of ketones is 1. The van der Waals surface area contributed by atoms with Gasteiger partial charge < -0.3 is 14.3 Å². The maximum Gasteiger partial charge on any atom is 0.203 e. The molecule has 1 aromatic carbocycles. The van der Waals surface area contributed by atoms with Crippen molar-refractivity contribution in [3.8, 4) is 11.5 Å². The van der Waals surface area contributed by atoms with Gasteiger partial charge in [0.25, 0.3) is 0 Å². The maximum atomic E-state index is 11.2. The highest BCUT2D eigenvalue weighted by molar-refractivity contribution is 6.02. The van der Waals surface area contributed by atoms with E-state index in [-0.39, 0.29) is 12.4 Å². The van der Waals surface area contributed by atoms with Crippen molar-refractivity contribution in [2.75, 3.05) is 13.2 Å². The van der Waals surface area contributed by atoms with Crippen LogP contribution in [0.2, 0.25) is 0 Å². The van der Waals surface area contributed by atoms with Crippen LogP contribution in [0.4, 0.5) is 0 Å². The summed E-state index contributed by atoms with van der Waals surface area (Å²) in [6.45, 7) is 0.448. The van der Waals surface area contributed by atoms with Crippen LogP contribution in [0.5, 0.6) is 11.5 Å².